The Hall–Kier alpha value is -2.85. The van der Waals surface area contributed by atoms with Crippen molar-refractivity contribution in [3.8, 4) is 0 Å². The van der Waals surface area contributed by atoms with Crippen LogP contribution in [0, 0.1) is 0 Å². The molecule has 0 bridgehead atoms. The Labute approximate surface area is 183 Å². The van der Waals surface area contributed by atoms with Gasteiger partial charge in [-0.15, -0.1) is 11.3 Å². The van der Waals surface area contributed by atoms with E-state index in [1.807, 2.05) is 0 Å². The maximum atomic E-state index is 14.1. The van der Waals surface area contributed by atoms with Gasteiger partial charge in [0.05, 0.1) is 22.0 Å². The Balaban J connectivity index is 1.86. The minimum Gasteiger partial charge on any atom is -0.397 e. The number of hydrogen-bond acceptors (Lipinski definition) is 5. The second kappa shape index (κ2) is 7.69. The molecule has 31 heavy (non-hydrogen) atoms. The first kappa shape index (κ1) is 21.4. The van der Waals surface area contributed by atoms with Gasteiger partial charge in [0.1, 0.15) is 9.71 Å². The highest BCUT2D eigenvalue weighted by molar-refractivity contribution is 7.21. The summed E-state index contributed by atoms with van der Waals surface area (Å²) in [5.41, 5.74) is 5.31. The molecule has 3 heterocycles. The van der Waals surface area contributed by atoms with Crippen LogP contribution < -0.4 is 11.1 Å². The first-order valence-corrected chi connectivity index (χ1v) is 10.4. The molecule has 0 atom stereocenters. The lowest BCUT2D eigenvalue weighted by molar-refractivity contribution is -0.138. The van der Waals surface area contributed by atoms with Crippen LogP contribution in [0.4, 0.5) is 24.5 Å². The standard InChI is InChI=1S/C20H16ClF3N4O2S/c1-9(29)28-7-6-12-10(8-28)15(20(22,23)24)14-16(25)17(31-19(14)27-12)18(30)26-13-5-3-2-4-11(13)21/h2-5H,6-8,25H2,1H3,(H,26,30). The van der Waals surface area contributed by atoms with E-state index in [2.05, 4.69) is 10.3 Å². The van der Waals surface area contributed by atoms with E-state index in [0.29, 0.717) is 5.69 Å². The first-order valence-electron chi connectivity index (χ1n) is 9.20. The zero-order valence-corrected chi connectivity index (χ0v) is 17.7. The van der Waals surface area contributed by atoms with E-state index in [-0.39, 0.29) is 62.5 Å². The third-order valence-corrected chi connectivity index (χ3v) is 6.52. The van der Waals surface area contributed by atoms with Crippen LogP contribution in [0.25, 0.3) is 10.2 Å². The maximum Gasteiger partial charge on any atom is 0.417 e. The number of hydrogen-bond donors (Lipinski definition) is 2. The van der Waals surface area contributed by atoms with Gasteiger partial charge in [-0.3, -0.25) is 9.59 Å². The fourth-order valence-corrected chi connectivity index (χ4v) is 4.82. The molecule has 0 saturated heterocycles. The molecule has 0 aliphatic carbocycles. The Morgan fingerprint density at radius 3 is 2.65 bits per heavy atom. The molecule has 162 valence electrons. The number of amides is 2. The van der Waals surface area contributed by atoms with Gasteiger partial charge in [-0.25, -0.2) is 4.98 Å². The van der Waals surface area contributed by atoms with Crippen molar-refractivity contribution in [3.05, 3.63) is 51.0 Å². The number of alkyl halides is 3. The Kier molecular flexibility index (Phi) is 5.30. The van der Waals surface area contributed by atoms with E-state index < -0.39 is 17.6 Å². The fourth-order valence-electron chi connectivity index (χ4n) is 3.62. The number of thiophene rings is 1. The van der Waals surface area contributed by atoms with Crippen LogP contribution in [0.5, 0.6) is 0 Å². The maximum absolute atomic E-state index is 14.1. The molecular formula is C20H16ClF3N4O2S. The van der Waals surface area contributed by atoms with E-state index in [0.717, 1.165) is 11.3 Å². The van der Waals surface area contributed by atoms with Crippen molar-refractivity contribution in [2.45, 2.75) is 26.1 Å². The van der Waals surface area contributed by atoms with Crippen LogP contribution in [0.3, 0.4) is 0 Å². The minimum atomic E-state index is -4.74. The van der Waals surface area contributed by atoms with E-state index in [1.165, 1.54) is 11.8 Å². The quantitative estimate of drug-likeness (QED) is 0.570. The number of anilines is 2. The average Bonchev–Trinajstić information content (AvgIpc) is 3.02. The fraction of sp³-hybridized carbons (Fsp3) is 0.250. The second-order valence-corrected chi connectivity index (χ2v) is 8.47. The topological polar surface area (TPSA) is 88.3 Å². The van der Waals surface area contributed by atoms with Gasteiger partial charge in [0.2, 0.25) is 5.91 Å². The van der Waals surface area contributed by atoms with Crippen molar-refractivity contribution < 1.29 is 22.8 Å². The Morgan fingerprint density at radius 1 is 1.29 bits per heavy atom. The number of carbonyl (C=O) groups excluding carboxylic acids is 2. The van der Waals surface area contributed by atoms with Crippen LogP contribution in [-0.2, 0) is 23.9 Å². The zero-order valence-electron chi connectivity index (χ0n) is 16.1. The highest BCUT2D eigenvalue weighted by Gasteiger charge is 2.41. The van der Waals surface area contributed by atoms with Gasteiger partial charge in [-0.05, 0) is 12.1 Å². The summed E-state index contributed by atoms with van der Waals surface area (Å²) in [6.07, 6.45) is -4.55. The number of nitrogens with zero attached hydrogens (tertiary/aromatic N) is 2. The molecule has 2 aromatic heterocycles. The highest BCUT2D eigenvalue weighted by Crippen LogP contribution is 2.45. The summed E-state index contributed by atoms with van der Waals surface area (Å²) in [4.78, 5) is 30.2. The van der Waals surface area contributed by atoms with Crippen LogP contribution in [-0.4, -0.2) is 28.2 Å². The number of fused-ring (bicyclic) bond motifs is 2. The Bertz CT molecular complexity index is 1230. The molecule has 2 amide bonds. The largest absolute Gasteiger partial charge is 0.417 e. The van der Waals surface area contributed by atoms with Gasteiger partial charge in [0, 0.05) is 43.1 Å². The number of benzene rings is 1. The van der Waals surface area contributed by atoms with E-state index in [1.54, 1.807) is 24.3 Å². The normalized spacial score (nSPS) is 13.9. The van der Waals surface area contributed by atoms with Crippen molar-refractivity contribution >= 4 is 56.3 Å². The van der Waals surface area contributed by atoms with Crippen LogP contribution in [0.1, 0.15) is 33.4 Å². The van der Waals surface area contributed by atoms with E-state index >= 15 is 0 Å². The smallest absolute Gasteiger partial charge is 0.397 e. The average molecular weight is 469 g/mol. The van der Waals surface area contributed by atoms with Gasteiger partial charge < -0.3 is 16.0 Å². The molecule has 1 aliphatic heterocycles. The van der Waals surface area contributed by atoms with Gasteiger partial charge in [-0.2, -0.15) is 13.2 Å². The highest BCUT2D eigenvalue weighted by atomic mass is 35.5. The number of rotatable bonds is 2. The SMILES string of the molecule is CC(=O)N1CCc2nc3sc(C(=O)Nc4ccccc4Cl)c(N)c3c(C(F)(F)F)c2C1. The summed E-state index contributed by atoms with van der Waals surface area (Å²) >= 11 is 6.84. The molecule has 1 aliphatic rings. The molecule has 0 unspecified atom stereocenters. The van der Waals surface area contributed by atoms with Crippen molar-refractivity contribution in [3.63, 3.8) is 0 Å². The summed E-state index contributed by atoms with van der Waals surface area (Å²) in [6.45, 7) is 1.37. The molecule has 4 rings (SSSR count). The number of carbonyl (C=O) groups is 2. The number of nitrogens with one attached hydrogen (secondary N) is 1. The molecule has 0 spiro atoms. The van der Waals surface area contributed by atoms with Crippen LogP contribution in [0.2, 0.25) is 5.02 Å². The van der Waals surface area contributed by atoms with Crippen molar-refractivity contribution in [1.29, 1.82) is 0 Å². The lowest BCUT2D eigenvalue weighted by atomic mass is 9.96. The molecule has 0 fully saturated rings. The van der Waals surface area contributed by atoms with Gasteiger partial charge >= 0.3 is 6.18 Å². The molecule has 6 nitrogen and oxygen atoms in total. The molecule has 3 aromatic rings. The van der Waals surface area contributed by atoms with E-state index in [4.69, 9.17) is 17.3 Å². The number of halogens is 4. The lowest BCUT2D eigenvalue weighted by Gasteiger charge is -2.29. The van der Waals surface area contributed by atoms with Gasteiger partial charge in [0.25, 0.3) is 5.91 Å². The van der Waals surface area contributed by atoms with E-state index in [9.17, 15) is 22.8 Å². The van der Waals surface area contributed by atoms with Crippen molar-refractivity contribution in [2.75, 3.05) is 17.6 Å². The number of nitrogen functional groups attached to an aromatic ring is 1. The zero-order chi connectivity index (χ0) is 22.5. The van der Waals surface area contributed by atoms with Crippen LogP contribution >= 0.6 is 22.9 Å². The molecule has 11 heteroatoms. The number of pyridine rings is 1. The predicted octanol–water partition coefficient (Wildman–Crippen LogP) is 4.71. The third-order valence-electron chi connectivity index (χ3n) is 5.09. The monoisotopic (exact) mass is 468 g/mol. The first-order chi connectivity index (χ1) is 14.6. The Morgan fingerprint density at radius 2 is 2.00 bits per heavy atom. The van der Waals surface area contributed by atoms with Crippen molar-refractivity contribution in [1.82, 2.24) is 9.88 Å². The second-order valence-electron chi connectivity index (χ2n) is 7.06. The number of aromatic nitrogens is 1. The minimum absolute atomic E-state index is 0.0316. The van der Waals surface area contributed by atoms with Gasteiger partial charge in [0.15, 0.2) is 0 Å². The number of nitrogens with two attached hydrogens (primary N) is 1. The summed E-state index contributed by atoms with van der Waals surface area (Å²) in [6, 6.07) is 6.48. The summed E-state index contributed by atoms with van der Waals surface area (Å²) in [5.74, 6) is -0.998. The third kappa shape index (κ3) is 3.81. The molecule has 0 radical (unpaired) electrons. The molecular weight excluding hydrogens is 453 g/mol. The number of para-hydroxylation sites is 1. The summed E-state index contributed by atoms with van der Waals surface area (Å²) < 4.78 is 42.4. The molecule has 1 aromatic carbocycles. The summed E-state index contributed by atoms with van der Waals surface area (Å²) in [7, 11) is 0. The van der Waals surface area contributed by atoms with Gasteiger partial charge in [-0.1, -0.05) is 23.7 Å². The molecule has 3 N–H and O–H groups in total. The van der Waals surface area contributed by atoms with Crippen molar-refractivity contribution in [2.24, 2.45) is 0 Å². The lowest BCUT2D eigenvalue weighted by Crippen LogP contribution is -2.36. The summed E-state index contributed by atoms with van der Waals surface area (Å²) in [5, 5.41) is 2.54. The molecule has 0 saturated carbocycles. The van der Waals surface area contributed by atoms with Crippen LogP contribution in [0.15, 0.2) is 24.3 Å². The predicted molar refractivity (Wildman–Crippen MR) is 113 cm³/mol.